The predicted octanol–water partition coefficient (Wildman–Crippen LogP) is 3.16. The molecule has 0 aromatic heterocycles. The van der Waals surface area contributed by atoms with Gasteiger partial charge in [-0.25, -0.2) is 4.99 Å². The molecule has 0 saturated heterocycles. The van der Waals surface area contributed by atoms with E-state index in [4.69, 9.17) is 9.47 Å². The van der Waals surface area contributed by atoms with Gasteiger partial charge in [-0.1, -0.05) is 6.07 Å². The van der Waals surface area contributed by atoms with Gasteiger partial charge in [0.1, 0.15) is 17.6 Å². The minimum Gasteiger partial charge on any atom is -0.497 e. The van der Waals surface area contributed by atoms with Crippen LogP contribution in [0.4, 0.5) is 0 Å². The van der Waals surface area contributed by atoms with Gasteiger partial charge < -0.3 is 20.1 Å². The van der Waals surface area contributed by atoms with Crippen molar-refractivity contribution in [3.05, 3.63) is 24.3 Å². The van der Waals surface area contributed by atoms with Crippen LogP contribution in [0.2, 0.25) is 0 Å². The van der Waals surface area contributed by atoms with Gasteiger partial charge in [0.2, 0.25) is 0 Å². The van der Waals surface area contributed by atoms with Crippen molar-refractivity contribution in [2.45, 2.75) is 32.8 Å². The Balaban J connectivity index is 2.42. The number of guanidine groups is 1. The molecule has 0 heterocycles. The number of methoxy groups -OCH3 is 1. The van der Waals surface area contributed by atoms with E-state index in [9.17, 15) is 0 Å². The van der Waals surface area contributed by atoms with Crippen LogP contribution < -0.4 is 20.1 Å². The molecule has 0 aliphatic heterocycles. The lowest BCUT2D eigenvalue weighted by Crippen LogP contribution is -2.38. The molecule has 1 rings (SSSR count). The molecule has 1 aromatic carbocycles. The second-order valence-electron chi connectivity index (χ2n) is 5.45. The number of aliphatic imine (C=N–C) groups is 1. The normalized spacial score (nSPS) is 12.6. The molecular formula is C18H31N3O2S. The fraction of sp³-hybridized carbons (Fsp3) is 0.611. The van der Waals surface area contributed by atoms with Crippen molar-refractivity contribution in [1.29, 1.82) is 0 Å². The smallest absolute Gasteiger partial charge is 0.191 e. The van der Waals surface area contributed by atoms with Gasteiger partial charge in [0.05, 0.1) is 13.7 Å². The summed E-state index contributed by atoms with van der Waals surface area (Å²) in [7, 11) is 1.65. The summed E-state index contributed by atoms with van der Waals surface area (Å²) < 4.78 is 11.1. The molecule has 1 atom stereocenters. The quantitative estimate of drug-likeness (QED) is 0.364. The Kier molecular flexibility index (Phi) is 10.9. The van der Waals surface area contributed by atoms with E-state index < -0.39 is 0 Å². The summed E-state index contributed by atoms with van der Waals surface area (Å²) >= 11 is 1.89. The van der Waals surface area contributed by atoms with E-state index in [1.165, 1.54) is 12.2 Å². The number of ether oxygens (including phenoxy) is 2. The molecule has 6 heteroatoms. The van der Waals surface area contributed by atoms with E-state index in [-0.39, 0.29) is 6.10 Å². The molecule has 0 fully saturated rings. The van der Waals surface area contributed by atoms with Gasteiger partial charge in [0.15, 0.2) is 5.96 Å². The molecule has 0 bridgehead atoms. The average Bonchev–Trinajstić information content (AvgIpc) is 2.59. The predicted molar refractivity (Wildman–Crippen MR) is 105 cm³/mol. The van der Waals surface area contributed by atoms with E-state index >= 15 is 0 Å². The standard InChI is InChI=1S/C18H31N3O2S/c1-5-19-18(20-11-6-7-12-24-4)21-14-15(2)23-17-10-8-9-16(13-17)22-3/h8-10,13,15H,5-7,11-12,14H2,1-4H3,(H2,19,20,21). The lowest BCUT2D eigenvalue weighted by atomic mass is 10.3. The van der Waals surface area contributed by atoms with Crippen molar-refractivity contribution in [1.82, 2.24) is 10.6 Å². The number of nitrogens with one attached hydrogen (secondary N) is 2. The van der Waals surface area contributed by atoms with E-state index in [0.717, 1.165) is 37.0 Å². The summed E-state index contributed by atoms with van der Waals surface area (Å²) in [5, 5.41) is 6.64. The highest BCUT2D eigenvalue weighted by Crippen LogP contribution is 2.19. The van der Waals surface area contributed by atoms with Crippen molar-refractivity contribution in [2.24, 2.45) is 4.99 Å². The highest BCUT2D eigenvalue weighted by molar-refractivity contribution is 7.98. The number of benzene rings is 1. The van der Waals surface area contributed by atoms with Crippen LogP contribution in [-0.2, 0) is 0 Å². The topological polar surface area (TPSA) is 54.9 Å². The van der Waals surface area contributed by atoms with Gasteiger partial charge in [-0.05, 0) is 50.8 Å². The molecule has 1 aromatic rings. The second-order valence-corrected chi connectivity index (χ2v) is 6.44. The van der Waals surface area contributed by atoms with E-state index in [1.54, 1.807) is 7.11 Å². The number of hydrogen-bond donors (Lipinski definition) is 2. The number of thioether (sulfide) groups is 1. The first-order valence-corrected chi connectivity index (χ1v) is 9.90. The first kappa shape index (κ1) is 20.5. The molecule has 0 spiro atoms. The number of unbranched alkanes of at least 4 members (excludes halogenated alkanes) is 1. The maximum Gasteiger partial charge on any atom is 0.191 e. The minimum atomic E-state index is -0.0101. The maximum atomic E-state index is 5.90. The van der Waals surface area contributed by atoms with Crippen LogP contribution in [0.15, 0.2) is 29.3 Å². The largest absolute Gasteiger partial charge is 0.497 e. The fourth-order valence-corrected chi connectivity index (χ4v) is 2.58. The molecule has 0 amide bonds. The summed E-state index contributed by atoms with van der Waals surface area (Å²) in [6.07, 6.45) is 4.51. The van der Waals surface area contributed by atoms with Crippen molar-refractivity contribution in [2.75, 3.05) is 38.8 Å². The van der Waals surface area contributed by atoms with Crippen LogP contribution >= 0.6 is 11.8 Å². The van der Waals surface area contributed by atoms with Crippen LogP contribution in [0, 0.1) is 0 Å². The monoisotopic (exact) mass is 353 g/mol. The zero-order chi connectivity index (χ0) is 17.6. The Hall–Kier alpha value is -1.56. The molecule has 24 heavy (non-hydrogen) atoms. The number of rotatable bonds is 11. The van der Waals surface area contributed by atoms with Gasteiger partial charge in [0, 0.05) is 19.2 Å². The highest BCUT2D eigenvalue weighted by Gasteiger charge is 2.05. The van der Waals surface area contributed by atoms with Crippen molar-refractivity contribution < 1.29 is 9.47 Å². The molecule has 0 aliphatic carbocycles. The maximum absolute atomic E-state index is 5.90. The third-order valence-electron chi connectivity index (χ3n) is 3.30. The third-order valence-corrected chi connectivity index (χ3v) is 3.99. The number of hydrogen-bond acceptors (Lipinski definition) is 4. The average molecular weight is 354 g/mol. The molecule has 1 unspecified atom stereocenters. The fourth-order valence-electron chi connectivity index (χ4n) is 2.08. The first-order chi connectivity index (χ1) is 11.7. The summed E-state index contributed by atoms with van der Waals surface area (Å²) in [5.41, 5.74) is 0. The molecule has 2 N–H and O–H groups in total. The molecule has 0 aliphatic rings. The Morgan fingerprint density at radius 2 is 2.04 bits per heavy atom. The molecule has 136 valence electrons. The van der Waals surface area contributed by atoms with Crippen molar-refractivity contribution in [3.8, 4) is 11.5 Å². The van der Waals surface area contributed by atoms with Gasteiger partial charge in [-0.3, -0.25) is 0 Å². The van der Waals surface area contributed by atoms with Gasteiger partial charge in [-0.15, -0.1) is 0 Å². The van der Waals surface area contributed by atoms with Crippen LogP contribution in [0.3, 0.4) is 0 Å². The Labute approximate surface area is 150 Å². The zero-order valence-electron chi connectivity index (χ0n) is 15.3. The molecule has 0 radical (unpaired) electrons. The van der Waals surface area contributed by atoms with E-state index in [2.05, 4.69) is 28.8 Å². The molecule has 0 saturated carbocycles. The van der Waals surface area contributed by atoms with Crippen molar-refractivity contribution >= 4 is 17.7 Å². The molecular weight excluding hydrogens is 322 g/mol. The van der Waals surface area contributed by atoms with Crippen LogP contribution in [-0.4, -0.2) is 50.8 Å². The SMILES string of the molecule is CCNC(=NCC(C)Oc1cccc(OC)c1)NCCCCSC. The van der Waals surface area contributed by atoms with Gasteiger partial charge in [0.25, 0.3) is 0 Å². The first-order valence-electron chi connectivity index (χ1n) is 8.51. The number of nitrogens with zero attached hydrogens (tertiary/aromatic N) is 1. The van der Waals surface area contributed by atoms with Crippen LogP contribution in [0.5, 0.6) is 11.5 Å². The lowest BCUT2D eigenvalue weighted by Gasteiger charge is -2.15. The Morgan fingerprint density at radius 1 is 1.25 bits per heavy atom. The second kappa shape index (κ2) is 12.8. The highest BCUT2D eigenvalue weighted by atomic mass is 32.2. The van der Waals surface area contributed by atoms with E-state index in [0.29, 0.717) is 6.54 Å². The van der Waals surface area contributed by atoms with Crippen molar-refractivity contribution in [3.63, 3.8) is 0 Å². The lowest BCUT2D eigenvalue weighted by molar-refractivity contribution is 0.229. The summed E-state index contributed by atoms with van der Waals surface area (Å²) in [6, 6.07) is 7.64. The summed E-state index contributed by atoms with van der Waals surface area (Å²) in [4.78, 5) is 4.60. The van der Waals surface area contributed by atoms with Gasteiger partial charge >= 0.3 is 0 Å². The third kappa shape index (κ3) is 8.91. The van der Waals surface area contributed by atoms with Crippen LogP contribution in [0.1, 0.15) is 26.7 Å². The van der Waals surface area contributed by atoms with E-state index in [1.807, 2.05) is 43.0 Å². The molecule has 5 nitrogen and oxygen atoms in total. The minimum absolute atomic E-state index is 0.0101. The van der Waals surface area contributed by atoms with Crippen LogP contribution in [0.25, 0.3) is 0 Å². The Bertz CT molecular complexity index is 483. The Morgan fingerprint density at radius 3 is 2.75 bits per heavy atom. The summed E-state index contributed by atoms with van der Waals surface area (Å²) in [5.74, 6) is 3.65. The zero-order valence-corrected chi connectivity index (χ0v) is 16.1. The summed E-state index contributed by atoms with van der Waals surface area (Å²) in [6.45, 7) is 6.47. The van der Waals surface area contributed by atoms with Gasteiger partial charge in [-0.2, -0.15) is 11.8 Å².